The molecule has 0 aliphatic heterocycles. The van der Waals surface area contributed by atoms with Gasteiger partial charge in [0.1, 0.15) is 11.6 Å². The van der Waals surface area contributed by atoms with Gasteiger partial charge in [-0.1, -0.05) is 32.0 Å². The lowest BCUT2D eigenvalue weighted by atomic mass is 10.1. The van der Waals surface area contributed by atoms with E-state index in [2.05, 4.69) is 39.0 Å². The highest BCUT2D eigenvalue weighted by molar-refractivity contribution is 5.79. The van der Waals surface area contributed by atoms with Gasteiger partial charge in [0, 0.05) is 32.5 Å². The van der Waals surface area contributed by atoms with Crippen LogP contribution in [0.4, 0.5) is 4.39 Å². The Bertz CT molecular complexity index is 663. The second kappa shape index (κ2) is 9.05. The number of rotatable bonds is 7. The zero-order valence-corrected chi connectivity index (χ0v) is 14.6. The van der Waals surface area contributed by atoms with Crippen LogP contribution in [-0.2, 0) is 19.5 Å². The fourth-order valence-electron chi connectivity index (χ4n) is 2.47. The molecule has 0 spiro atoms. The summed E-state index contributed by atoms with van der Waals surface area (Å²) in [6.45, 7) is 6.51. The molecule has 2 rings (SSSR count). The highest BCUT2D eigenvalue weighted by atomic mass is 19.1. The Labute approximate surface area is 143 Å². The normalized spacial score (nSPS) is 11.8. The largest absolute Gasteiger partial charge is 0.356 e. The topological polar surface area (TPSA) is 54.2 Å². The van der Waals surface area contributed by atoms with Gasteiger partial charge in [0.15, 0.2) is 5.96 Å². The van der Waals surface area contributed by atoms with Crippen molar-refractivity contribution in [2.75, 3.05) is 13.6 Å². The van der Waals surface area contributed by atoms with E-state index in [4.69, 9.17) is 0 Å². The van der Waals surface area contributed by atoms with Crippen molar-refractivity contribution in [3.8, 4) is 0 Å². The number of hydrogen-bond acceptors (Lipinski definition) is 2. The first-order chi connectivity index (χ1) is 11.6. The van der Waals surface area contributed by atoms with Crippen LogP contribution in [0.15, 0.2) is 41.7 Å². The quantitative estimate of drug-likeness (QED) is 0.606. The van der Waals surface area contributed by atoms with Crippen molar-refractivity contribution >= 4 is 5.96 Å². The van der Waals surface area contributed by atoms with Crippen LogP contribution < -0.4 is 10.6 Å². The molecule has 5 nitrogen and oxygen atoms in total. The third-order valence-electron chi connectivity index (χ3n) is 3.65. The van der Waals surface area contributed by atoms with Gasteiger partial charge in [0.2, 0.25) is 0 Å². The number of hydrogen-bond donors (Lipinski definition) is 2. The van der Waals surface area contributed by atoms with E-state index in [1.165, 1.54) is 6.07 Å². The molecule has 0 aliphatic carbocycles. The summed E-state index contributed by atoms with van der Waals surface area (Å²) in [6.07, 6.45) is 4.41. The zero-order valence-electron chi connectivity index (χ0n) is 14.6. The minimum absolute atomic E-state index is 0.169. The number of aromatic nitrogens is 2. The van der Waals surface area contributed by atoms with Gasteiger partial charge in [-0.15, -0.1) is 0 Å². The van der Waals surface area contributed by atoms with E-state index in [1.807, 2.05) is 18.5 Å². The highest BCUT2D eigenvalue weighted by Gasteiger charge is 2.06. The van der Waals surface area contributed by atoms with Crippen LogP contribution in [-0.4, -0.2) is 29.1 Å². The molecule has 130 valence electrons. The molecule has 1 aromatic carbocycles. The van der Waals surface area contributed by atoms with Gasteiger partial charge in [-0.3, -0.25) is 4.99 Å². The number of halogens is 1. The van der Waals surface area contributed by atoms with Gasteiger partial charge in [0.05, 0.1) is 6.54 Å². The summed E-state index contributed by atoms with van der Waals surface area (Å²) in [5, 5.41) is 6.45. The van der Waals surface area contributed by atoms with Crippen LogP contribution >= 0.6 is 0 Å². The maximum absolute atomic E-state index is 13.6. The number of nitrogens with one attached hydrogen (secondary N) is 2. The minimum Gasteiger partial charge on any atom is -0.356 e. The first-order valence-electron chi connectivity index (χ1n) is 8.28. The molecule has 2 aromatic rings. The lowest BCUT2D eigenvalue weighted by Crippen LogP contribution is -2.38. The van der Waals surface area contributed by atoms with Crippen LogP contribution in [0.3, 0.4) is 0 Å². The lowest BCUT2D eigenvalue weighted by molar-refractivity contribution is 0.503. The molecule has 0 radical (unpaired) electrons. The van der Waals surface area contributed by atoms with Crippen molar-refractivity contribution in [1.29, 1.82) is 0 Å². The van der Waals surface area contributed by atoms with Gasteiger partial charge in [-0.25, -0.2) is 9.37 Å². The number of nitrogens with zero attached hydrogens (tertiary/aromatic N) is 3. The van der Waals surface area contributed by atoms with E-state index in [-0.39, 0.29) is 5.82 Å². The van der Waals surface area contributed by atoms with Crippen LogP contribution in [0, 0.1) is 11.7 Å². The summed E-state index contributed by atoms with van der Waals surface area (Å²) in [6, 6.07) is 6.83. The van der Waals surface area contributed by atoms with Crippen molar-refractivity contribution in [2.24, 2.45) is 10.9 Å². The van der Waals surface area contributed by atoms with E-state index < -0.39 is 0 Å². The Balaban J connectivity index is 1.81. The van der Waals surface area contributed by atoms with E-state index in [1.54, 1.807) is 19.2 Å². The molecular formula is C18H26FN5. The Morgan fingerprint density at radius 3 is 2.79 bits per heavy atom. The molecule has 0 unspecified atom stereocenters. The molecule has 2 N–H and O–H groups in total. The average Bonchev–Trinajstić information content (AvgIpc) is 2.98. The number of imidazole rings is 1. The summed E-state index contributed by atoms with van der Waals surface area (Å²) in [7, 11) is 1.72. The van der Waals surface area contributed by atoms with Crippen LogP contribution in [0.1, 0.15) is 25.2 Å². The molecule has 6 heteroatoms. The molecule has 0 saturated heterocycles. The van der Waals surface area contributed by atoms with Crippen LogP contribution in [0.25, 0.3) is 0 Å². The monoisotopic (exact) mass is 331 g/mol. The molecule has 0 bridgehead atoms. The fraction of sp³-hybridized carbons (Fsp3) is 0.444. The number of benzene rings is 1. The van der Waals surface area contributed by atoms with E-state index >= 15 is 0 Å². The van der Waals surface area contributed by atoms with Crippen molar-refractivity contribution in [1.82, 2.24) is 20.2 Å². The van der Waals surface area contributed by atoms with E-state index in [0.29, 0.717) is 37.0 Å². The second-order valence-electron chi connectivity index (χ2n) is 6.08. The summed E-state index contributed by atoms with van der Waals surface area (Å²) >= 11 is 0. The van der Waals surface area contributed by atoms with Gasteiger partial charge >= 0.3 is 0 Å². The Kier molecular flexibility index (Phi) is 6.78. The minimum atomic E-state index is -0.169. The molecule has 0 saturated carbocycles. The number of aliphatic imine (C=N–C) groups is 1. The Morgan fingerprint density at radius 1 is 1.29 bits per heavy atom. The Hall–Kier alpha value is -2.37. The highest BCUT2D eigenvalue weighted by Crippen LogP contribution is 2.06. The molecule has 0 fully saturated rings. The SMILES string of the molecule is CN=C(NCCc1ccccc1F)NCc1nccn1CC(C)C. The predicted molar refractivity (Wildman–Crippen MR) is 95.4 cm³/mol. The molecular weight excluding hydrogens is 305 g/mol. The first-order valence-corrected chi connectivity index (χ1v) is 8.28. The van der Waals surface area contributed by atoms with E-state index in [0.717, 1.165) is 12.4 Å². The molecule has 0 atom stereocenters. The van der Waals surface area contributed by atoms with Gasteiger partial charge in [-0.05, 0) is 24.0 Å². The van der Waals surface area contributed by atoms with Gasteiger partial charge in [0.25, 0.3) is 0 Å². The van der Waals surface area contributed by atoms with Crippen molar-refractivity contribution in [2.45, 2.75) is 33.4 Å². The van der Waals surface area contributed by atoms with Crippen molar-refractivity contribution in [3.05, 3.63) is 53.9 Å². The standard InChI is InChI=1S/C18H26FN5/c1-14(2)13-24-11-10-21-17(24)12-23-18(20-3)22-9-8-15-6-4-5-7-16(15)19/h4-7,10-11,14H,8-9,12-13H2,1-3H3,(H2,20,22,23). The zero-order chi connectivity index (χ0) is 17.4. The van der Waals surface area contributed by atoms with E-state index in [9.17, 15) is 4.39 Å². The number of guanidine groups is 1. The fourth-order valence-corrected chi connectivity index (χ4v) is 2.47. The lowest BCUT2D eigenvalue weighted by Gasteiger charge is -2.14. The Morgan fingerprint density at radius 2 is 2.08 bits per heavy atom. The molecule has 24 heavy (non-hydrogen) atoms. The molecule has 1 aromatic heterocycles. The summed E-state index contributed by atoms with van der Waals surface area (Å²) in [4.78, 5) is 8.58. The molecule has 0 aliphatic rings. The maximum atomic E-state index is 13.6. The van der Waals surface area contributed by atoms with Crippen LogP contribution in [0.2, 0.25) is 0 Å². The van der Waals surface area contributed by atoms with Crippen molar-refractivity contribution in [3.63, 3.8) is 0 Å². The summed E-state index contributed by atoms with van der Waals surface area (Å²) in [5.74, 6) is 2.06. The smallest absolute Gasteiger partial charge is 0.191 e. The third-order valence-corrected chi connectivity index (χ3v) is 3.65. The molecule has 1 heterocycles. The van der Waals surface area contributed by atoms with Gasteiger partial charge in [-0.2, -0.15) is 0 Å². The second-order valence-corrected chi connectivity index (χ2v) is 6.08. The summed E-state index contributed by atoms with van der Waals surface area (Å²) < 4.78 is 15.7. The van der Waals surface area contributed by atoms with Crippen molar-refractivity contribution < 1.29 is 4.39 Å². The molecule has 0 amide bonds. The first kappa shape index (κ1) is 18.0. The summed E-state index contributed by atoms with van der Waals surface area (Å²) in [5.41, 5.74) is 0.702. The average molecular weight is 331 g/mol. The maximum Gasteiger partial charge on any atom is 0.191 e. The third kappa shape index (κ3) is 5.37. The van der Waals surface area contributed by atoms with Gasteiger partial charge < -0.3 is 15.2 Å². The van der Waals surface area contributed by atoms with Crippen LogP contribution in [0.5, 0.6) is 0 Å². The predicted octanol–water partition coefficient (Wildman–Crippen LogP) is 2.59.